The Morgan fingerprint density at radius 1 is 1.00 bits per heavy atom. The van der Waals surface area contributed by atoms with Gasteiger partial charge in [0.15, 0.2) is 5.85 Å². The van der Waals surface area contributed by atoms with Crippen molar-refractivity contribution in [3.63, 3.8) is 0 Å². The highest BCUT2D eigenvalue weighted by atomic mass is 31.2. The van der Waals surface area contributed by atoms with Crippen LogP contribution in [-0.2, 0) is 4.57 Å². The molecule has 0 saturated heterocycles. The fourth-order valence-electron chi connectivity index (χ4n) is 1.67. The van der Waals surface area contributed by atoms with Gasteiger partial charge in [0.1, 0.15) is 0 Å². The van der Waals surface area contributed by atoms with E-state index < -0.39 is 13.4 Å². The van der Waals surface area contributed by atoms with Crippen molar-refractivity contribution < 1.29 is 19.5 Å². The summed E-state index contributed by atoms with van der Waals surface area (Å²) in [6, 6.07) is 0. The molecule has 0 aliphatic rings. The summed E-state index contributed by atoms with van der Waals surface area (Å²) in [4.78, 5) is 17.6. The van der Waals surface area contributed by atoms with E-state index in [4.69, 9.17) is 9.79 Å². The summed E-state index contributed by atoms with van der Waals surface area (Å²) in [5, 5.41) is 9.27. The average Bonchev–Trinajstić information content (AvgIpc) is 2.26. The number of hydrogen-bond acceptors (Lipinski definition) is 2. The zero-order valence-electron chi connectivity index (χ0n) is 12.8. The van der Waals surface area contributed by atoms with Crippen LogP contribution in [0.1, 0.15) is 53.4 Å². The third-order valence-electron chi connectivity index (χ3n) is 2.90. The smallest absolute Gasteiger partial charge is 0.357 e. The molecule has 1 unspecified atom stereocenters. The van der Waals surface area contributed by atoms with Gasteiger partial charge in [-0.05, 0) is 59.5 Å². The molecule has 5 heteroatoms. The molecule has 0 heterocycles. The molecule has 0 aromatic carbocycles. The van der Waals surface area contributed by atoms with E-state index in [1.807, 2.05) is 0 Å². The van der Waals surface area contributed by atoms with Crippen molar-refractivity contribution in [2.24, 2.45) is 0 Å². The SMILES string of the molecule is CC(C)=CCC/C(C)=C/CC/C(C)=C/C(O)P(=O)(O)O. The lowest BCUT2D eigenvalue weighted by Crippen LogP contribution is -2.03. The Hall–Kier alpha value is -0.670. The normalized spacial score (nSPS) is 15.2. The van der Waals surface area contributed by atoms with Gasteiger partial charge in [0.05, 0.1) is 0 Å². The first-order chi connectivity index (χ1) is 9.12. The molecule has 0 aliphatic carbocycles. The van der Waals surface area contributed by atoms with Crippen LogP contribution in [0.25, 0.3) is 0 Å². The first kappa shape index (κ1) is 19.3. The Balaban J connectivity index is 4.19. The fourth-order valence-corrected chi connectivity index (χ4v) is 2.12. The van der Waals surface area contributed by atoms with E-state index in [1.54, 1.807) is 6.92 Å². The number of rotatable bonds is 8. The highest BCUT2D eigenvalue weighted by molar-refractivity contribution is 7.52. The number of aliphatic hydroxyl groups is 1. The van der Waals surface area contributed by atoms with Gasteiger partial charge in [-0.1, -0.05) is 28.9 Å². The summed E-state index contributed by atoms with van der Waals surface area (Å²) in [6.07, 6.45) is 9.16. The van der Waals surface area contributed by atoms with Gasteiger partial charge in [0.25, 0.3) is 0 Å². The van der Waals surface area contributed by atoms with Gasteiger partial charge in [0.2, 0.25) is 0 Å². The van der Waals surface area contributed by atoms with Crippen LogP contribution in [0.4, 0.5) is 0 Å². The lowest BCUT2D eigenvalue weighted by molar-refractivity contribution is 0.237. The molecular formula is C15H27O4P. The molecule has 116 valence electrons. The minimum atomic E-state index is -4.43. The molecule has 0 aliphatic heterocycles. The van der Waals surface area contributed by atoms with Crippen LogP contribution in [0.15, 0.2) is 34.9 Å². The van der Waals surface area contributed by atoms with Crippen LogP contribution in [0.3, 0.4) is 0 Å². The second kappa shape index (κ2) is 9.30. The molecule has 0 aromatic heterocycles. The lowest BCUT2D eigenvalue weighted by Gasteiger charge is -2.09. The van der Waals surface area contributed by atoms with E-state index in [1.165, 1.54) is 17.2 Å². The molecule has 1 atom stereocenters. The van der Waals surface area contributed by atoms with Crippen LogP contribution in [-0.4, -0.2) is 20.7 Å². The maximum absolute atomic E-state index is 10.8. The second-order valence-electron chi connectivity index (χ2n) is 5.43. The Kier molecular flexibility index (Phi) is 8.99. The molecule has 0 radical (unpaired) electrons. The van der Waals surface area contributed by atoms with E-state index in [0.717, 1.165) is 24.8 Å². The summed E-state index contributed by atoms with van der Waals surface area (Å²) >= 11 is 0. The largest absolute Gasteiger partial charge is 0.377 e. The average molecular weight is 302 g/mol. The zero-order valence-corrected chi connectivity index (χ0v) is 13.7. The van der Waals surface area contributed by atoms with E-state index >= 15 is 0 Å². The molecule has 3 N–H and O–H groups in total. The Labute approximate surface area is 122 Å². The quantitative estimate of drug-likeness (QED) is 0.469. The van der Waals surface area contributed by atoms with Gasteiger partial charge in [-0.25, -0.2) is 0 Å². The monoisotopic (exact) mass is 302 g/mol. The molecule has 0 aromatic rings. The zero-order chi connectivity index (χ0) is 15.8. The maximum Gasteiger partial charge on any atom is 0.357 e. The molecule has 0 rings (SSSR count). The lowest BCUT2D eigenvalue weighted by atomic mass is 10.1. The molecular weight excluding hydrogens is 275 g/mol. The number of aliphatic hydroxyl groups excluding tert-OH is 1. The Bertz CT molecular complexity index is 425. The summed E-state index contributed by atoms with van der Waals surface area (Å²) in [5.74, 6) is -1.69. The fraction of sp³-hybridized carbons (Fsp3) is 0.600. The molecule has 0 amide bonds. The molecule has 0 saturated carbocycles. The van der Waals surface area contributed by atoms with Gasteiger partial charge in [0, 0.05) is 0 Å². The molecule has 0 spiro atoms. The number of hydrogen-bond donors (Lipinski definition) is 3. The summed E-state index contributed by atoms with van der Waals surface area (Å²) in [7, 11) is -4.43. The molecule has 0 fully saturated rings. The predicted molar refractivity (Wildman–Crippen MR) is 83.5 cm³/mol. The summed E-state index contributed by atoms with van der Waals surface area (Å²) in [5.41, 5.74) is 3.42. The highest BCUT2D eigenvalue weighted by Gasteiger charge is 2.23. The van der Waals surface area contributed by atoms with Crippen molar-refractivity contribution in [3.05, 3.63) is 34.9 Å². The molecule has 0 bridgehead atoms. The summed E-state index contributed by atoms with van der Waals surface area (Å²) in [6.45, 7) is 8.02. The predicted octanol–water partition coefficient (Wildman–Crippen LogP) is 3.90. The number of allylic oxidation sites excluding steroid dienone is 5. The maximum atomic E-state index is 10.8. The van der Waals surface area contributed by atoms with Gasteiger partial charge in [-0.2, -0.15) is 0 Å². The third-order valence-corrected chi connectivity index (χ3v) is 3.74. The van der Waals surface area contributed by atoms with E-state index in [0.29, 0.717) is 6.42 Å². The van der Waals surface area contributed by atoms with Crippen molar-refractivity contribution in [1.29, 1.82) is 0 Å². The van der Waals surface area contributed by atoms with Gasteiger partial charge in [-0.3, -0.25) is 4.57 Å². The first-order valence-corrected chi connectivity index (χ1v) is 8.50. The Morgan fingerprint density at radius 2 is 1.50 bits per heavy atom. The van der Waals surface area contributed by atoms with Crippen molar-refractivity contribution >= 4 is 7.60 Å². The van der Waals surface area contributed by atoms with Gasteiger partial charge < -0.3 is 14.9 Å². The minimum Gasteiger partial charge on any atom is -0.377 e. The van der Waals surface area contributed by atoms with E-state index in [9.17, 15) is 9.67 Å². The van der Waals surface area contributed by atoms with Crippen molar-refractivity contribution in [2.45, 2.75) is 59.2 Å². The van der Waals surface area contributed by atoms with E-state index in [-0.39, 0.29) is 0 Å². The van der Waals surface area contributed by atoms with Crippen LogP contribution in [0.5, 0.6) is 0 Å². The van der Waals surface area contributed by atoms with Crippen molar-refractivity contribution in [2.75, 3.05) is 0 Å². The first-order valence-electron chi connectivity index (χ1n) is 6.82. The minimum absolute atomic E-state index is 0.692. The third kappa shape index (κ3) is 10.2. The second-order valence-corrected chi connectivity index (χ2v) is 7.13. The van der Waals surface area contributed by atoms with Crippen molar-refractivity contribution in [3.8, 4) is 0 Å². The van der Waals surface area contributed by atoms with Crippen molar-refractivity contribution in [1.82, 2.24) is 0 Å². The van der Waals surface area contributed by atoms with E-state index in [2.05, 4.69) is 32.9 Å². The van der Waals surface area contributed by atoms with Crippen LogP contribution in [0, 0.1) is 0 Å². The van der Waals surface area contributed by atoms with Crippen LogP contribution >= 0.6 is 7.60 Å². The highest BCUT2D eigenvalue weighted by Crippen LogP contribution is 2.40. The standard InChI is InChI=1S/C15H27O4P/c1-12(2)7-5-8-13(3)9-6-10-14(4)11-15(16)20(17,18)19/h7,9,11,15-16H,5-6,8,10H2,1-4H3,(H2,17,18,19)/b13-9+,14-11+. The Morgan fingerprint density at radius 3 is 2.00 bits per heavy atom. The van der Waals surface area contributed by atoms with Gasteiger partial charge >= 0.3 is 7.60 Å². The van der Waals surface area contributed by atoms with Gasteiger partial charge in [-0.15, -0.1) is 0 Å². The van der Waals surface area contributed by atoms with Crippen LogP contribution < -0.4 is 0 Å². The van der Waals surface area contributed by atoms with Crippen LogP contribution in [0.2, 0.25) is 0 Å². The molecule has 4 nitrogen and oxygen atoms in total. The topological polar surface area (TPSA) is 77.8 Å². The summed E-state index contributed by atoms with van der Waals surface area (Å²) < 4.78 is 10.8. The molecule has 20 heavy (non-hydrogen) atoms.